The number of methoxy groups -OCH3 is 2. The summed E-state index contributed by atoms with van der Waals surface area (Å²) in [5.41, 5.74) is 1.07. The maximum atomic E-state index is 13.6. The molecule has 1 N–H and O–H groups in total. The summed E-state index contributed by atoms with van der Waals surface area (Å²) in [5, 5.41) is 3.22. The van der Waals surface area contributed by atoms with Crippen molar-refractivity contribution in [1.29, 1.82) is 0 Å². The van der Waals surface area contributed by atoms with Crippen molar-refractivity contribution in [2.45, 2.75) is 18.4 Å². The number of benzene rings is 3. The molecule has 0 radical (unpaired) electrons. The molecule has 3 aromatic rings. The van der Waals surface area contributed by atoms with E-state index in [2.05, 4.69) is 5.32 Å². The number of carbonyl (C=O) groups is 1. The number of nitrogens with one attached hydrogen (secondary N) is 1. The Kier molecular flexibility index (Phi) is 8.84. The molecule has 0 bridgehead atoms. The summed E-state index contributed by atoms with van der Waals surface area (Å²) < 4.78 is 44.3. The van der Waals surface area contributed by atoms with E-state index in [9.17, 15) is 13.2 Å². The molecule has 0 aliphatic carbocycles. The van der Waals surface area contributed by atoms with E-state index < -0.39 is 22.5 Å². The number of hydrogen-bond acceptors (Lipinski definition) is 6. The van der Waals surface area contributed by atoms with E-state index in [1.54, 1.807) is 12.1 Å². The Hall–Kier alpha value is -3.43. The monoisotopic (exact) mass is 518 g/mol. The molecular formula is C25H27ClN2O6S. The van der Waals surface area contributed by atoms with Crippen molar-refractivity contribution in [2.75, 3.05) is 31.7 Å². The molecule has 186 valence electrons. The van der Waals surface area contributed by atoms with E-state index in [4.69, 9.17) is 25.8 Å². The second kappa shape index (κ2) is 11.8. The van der Waals surface area contributed by atoms with E-state index in [0.29, 0.717) is 23.1 Å². The van der Waals surface area contributed by atoms with Gasteiger partial charge in [0.25, 0.3) is 10.0 Å². The standard InChI is InChI=1S/C25H27ClN2O6S/c1-4-34-22-8-6-5-7-18(22)16-27-25(29)17-28(20-11-9-19(26)10-12-20)35(30,31)21-13-14-23(32-2)24(15-21)33-3/h5-15H,4,16-17H2,1-3H3,(H,27,29). The summed E-state index contributed by atoms with van der Waals surface area (Å²) >= 11 is 5.99. The quantitative estimate of drug-likeness (QED) is 0.407. The normalized spacial score (nSPS) is 11.0. The van der Waals surface area contributed by atoms with Crippen LogP contribution < -0.4 is 23.8 Å². The number of carbonyl (C=O) groups excluding carboxylic acids is 1. The number of anilines is 1. The molecule has 0 fully saturated rings. The van der Waals surface area contributed by atoms with Gasteiger partial charge in [-0.2, -0.15) is 0 Å². The minimum atomic E-state index is -4.15. The fourth-order valence-corrected chi connectivity index (χ4v) is 4.92. The molecule has 35 heavy (non-hydrogen) atoms. The van der Waals surface area contributed by atoms with E-state index in [1.807, 2.05) is 31.2 Å². The fraction of sp³-hybridized carbons (Fsp3) is 0.240. The largest absolute Gasteiger partial charge is 0.494 e. The number of amides is 1. The number of halogens is 1. The number of rotatable bonds is 11. The van der Waals surface area contributed by atoms with Gasteiger partial charge in [-0.1, -0.05) is 29.8 Å². The third-order valence-electron chi connectivity index (χ3n) is 5.09. The number of nitrogens with zero attached hydrogens (tertiary/aromatic N) is 1. The highest BCUT2D eigenvalue weighted by atomic mass is 35.5. The van der Waals surface area contributed by atoms with Gasteiger partial charge in [0.05, 0.1) is 31.4 Å². The van der Waals surface area contributed by atoms with Crippen LogP contribution in [0.5, 0.6) is 17.2 Å². The summed E-state index contributed by atoms with van der Waals surface area (Å²) in [6.45, 7) is 2.09. The summed E-state index contributed by atoms with van der Waals surface area (Å²) in [5.74, 6) is 0.801. The van der Waals surface area contributed by atoms with Crippen LogP contribution in [0.1, 0.15) is 12.5 Å². The lowest BCUT2D eigenvalue weighted by atomic mass is 10.2. The van der Waals surface area contributed by atoms with Crippen LogP contribution in [0.3, 0.4) is 0 Å². The van der Waals surface area contributed by atoms with Gasteiger partial charge >= 0.3 is 0 Å². The van der Waals surface area contributed by atoms with Crippen molar-refractivity contribution in [2.24, 2.45) is 0 Å². The Bertz CT molecular complexity index is 1270. The number of ether oxygens (including phenoxy) is 3. The average molecular weight is 519 g/mol. The topological polar surface area (TPSA) is 94.2 Å². The summed E-state index contributed by atoms with van der Waals surface area (Å²) in [6.07, 6.45) is 0. The Morgan fingerprint density at radius 1 is 0.943 bits per heavy atom. The molecule has 0 saturated heterocycles. The van der Waals surface area contributed by atoms with E-state index in [1.165, 1.54) is 44.6 Å². The fourth-order valence-electron chi connectivity index (χ4n) is 3.35. The number of sulfonamides is 1. The lowest BCUT2D eigenvalue weighted by Gasteiger charge is -2.24. The van der Waals surface area contributed by atoms with Crippen LogP contribution in [0.4, 0.5) is 5.69 Å². The van der Waals surface area contributed by atoms with Gasteiger partial charge in [-0.05, 0) is 49.4 Å². The van der Waals surface area contributed by atoms with Crippen LogP contribution in [0.25, 0.3) is 0 Å². The molecule has 3 aromatic carbocycles. The molecule has 1 amide bonds. The molecule has 0 saturated carbocycles. The van der Waals surface area contributed by atoms with Crippen molar-refractivity contribution >= 4 is 33.2 Å². The van der Waals surface area contributed by atoms with Gasteiger partial charge in [0.1, 0.15) is 12.3 Å². The number of para-hydroxylation sites is 1. The van der Waals surface area contributed by atoms with Crippen molar-refractivity contribution in [3.63, 3.8) is 0 Å². The van der Waals surface area contributed by atoms with Gasteiger partial charge in [0.2, 0.25) is 5.91 Å². The Morgan fingerprint density at radius 2 is 1.63 bits per heavy atom. The molecule has 0 aliphatic heterocycles. The smallest absolute Gasteiger partial charge is 0.264 e. The molecule has 8 nitrogen and oxygen atoms in total. The van der Waals surface area contributed by atoms with E-state index in [0.717, 1.165) is 9.87 Å². The molecule has 10 heteroatoms. The Balaban J connectivity index is 1.89. The average Bonchev–Trinajstić information content (AvgIpc) is 2.87. The summed E-state index contributed by atoms with van der Waals surface area (Å²) in [4.78, 5) is 12.9. The zero-order valence-electron chi connectivity index (χ0n) is 19.7. The Labute approximate surface area is 210 Å². The van der Waals surface area contributed by atoms with Gasteiger partial charge in [-0.3, -0.25) is 9.10 Å². The highest BCUT2D eigenvalue weighted by Crippen LogP contribution is 2.32. The first-order valence-electron chi connectivity index (χ1n) is 10.8. The Morgan fingerprint density at radius 3 is 2.29 bits per heavy atom. The predicted octanol–water partition coefficient (Wildman–Crippen LogP) is 4.27. The van der Waals surface area contributed by atoms with Crippen LogP contribution in [0.15, 0.2) is 71.6 Å². The van der Waals surface area contributed by atoms with Crippen molar-refractivity contribution in [1.82, 2.24) is 5.32 Å². The lowest BCUT2D eigenvalue weighted by molar-refractivity contribution is -0.119. The minimum absolute atomic E-state index is 0.0559. The van der Waals surface area contributed by atoms with Crippen LogP contribution in [0, 0.1) is 0 Å². The van der Waals surface area contributed by atoms with Crippen molar-refractivity contribution in [3.05, 3.63) is 77.3 Å². The first-order chi connectivity index (χ1) is 16.8. The molecule has 0 unspecified atom stereocenters. The molecule has 3 rings (SSSR count). The van der Waals surface area contributed by atoms with E-state index >= 15 is 0 Å². The highest BCUT2D eigenvalue weighted by molar-refractivity contribution is 7.92. The molecule has 0 atom stereocenters. The van der Waals surface area contributed by atoms with Crippen molar-refractivity contribution in [3.8, 4) is 17.2 Å². The first kappa shape index (κ1) is 26.2. The second-order valence-corrected chi connectivity index (χ2v) is 9.62. The third kappa shape index (κ3) is 6.37. The van der Waals surface area contributed by atoms with Gasteiger partial charge in [-0.25, -0.2) is 8.42 Å². The van der Waals surface area contributed by atoms with Gasteiger partial charge in [-0.15, -0.1) is 0 Å². The summed E-state index contributed by atoms with van der Waals surface area (Å²) in [7, 11) is -1.28. The molecular weight excluding hydrogens is 492 g/mol. The van der Waals surface area contributed by atoms with Crippen LogP contribution in [-0.2, 0) is 21.4 Å². The SMILES string of the molecule is CCOc1ccccc1CNC(=O)CN(c1ccc(Cl)cc1)S(=O)(=O)c1ccc(OC)c(OC)c1. The molecule has 0 heterocycles. The number of hydrogen-bond donors (Lipinski definition) is 1. The van der Waals surface area contributed by atoms with Crippen LogP contribution >= 0.6 is 11.6 Å². The second-order valence-electron chi connectivity index (χ2n) is 7.32. The molecule has 0 aromatic heterocycles. The van der Waals surface area contributed by atoms with Crippen LogP contribution in [0.2, 0.25) is 5.02 Å². The molecule has 0 aliphatic rings. The van der Waals surface area contributed by atoms with Crippen molar-refractivity contribution < 1.29 is 27.4 Å². The van der Waals surface area contributed by atoms with Gasteiger partial charge in [0, 0.05) is 23.2 Å². The zero-order valence-corrected chi connectivity index (χ0v) is 21.2. The van der Waals surface area contributed by atoms with E-state index in [-0.39, 0.29) is 22.9 Å². The van der Waals surface area contributed by atoms with Gasteiger partial charge < -0.3 is 19.5 Å². The van der Waals surface area contributed by atoms with Crippen LogP contribution in [-0.4, -0.2) is 41.7 Å². The zero-order chi connectivity index (χ0) is 25.4. The van der Waals surface area contributed by atoms with Gasteiger partial charge in [0.15, 0.2) is 11.5 Å². The lowest BCUT2D eigenvalue weighted by Crippen LogP contribution is -2.40. The maximum absolute atomic E-state index is 13.6. The predicted molar refractivity (Wildman–Crippen MR) is 135 cm³/mol. The first-order valence-corrected chi connectivity index (χ1v) is 12.6. The highest BCUT2D eigenvalue weighted by Gasteiger charge is 2.28. The maximum Gasteiger partial charge on any atom is 0.264 e. The minimum Gasteiger partial charge on any atom is -0.494 e. The molecule has 0 spiro atoms. The summed E-state index contributed by atoms with van der Waals surface area (Å²) in [6, 6.07) is 17.8. The third-order valence-corrected chi connectivity index (χ3v) is 7.12.